The van der Waals surface area contributed by atoms with E-state index in [-0.39, 0.29) is 11.4 Å². The van der Waals surface area contributed by atoms with Crippen LogP contribution in [-0.4, -0.2) is 16.8 Å². The summed E-state index contributed by atoms with van der Waals surface area (Å²) in [5, 5.41) is 10.2. The number of carbonyl (C=O) groups excluding carboxylic acids is 2. The molecule has 4 nitrogen and oxygen atoms in total. The van der Waals surface area contributed by atoms with Crippen LogP contribution in [0.5, 0.6) is 0 Å². The summed E-state index contributed by atoms with van der Waals surface area (Å²) in [6, 6.07) is 12.0. The summed E-state index contributed by atoms with van der Waals surface area (Å²) in [4.78, 5) is 25.9. The molecule has 2 aromatic carbocycles. The van der Waals surface area contributed by atoms with Gasteiger partial charge in [-0.2, -0.15) is 0 Å². The monoisotopic (exact) mass is 325 g/mol. The van der Waals surface area contributed by atoms with Crippen molar-refractivity contribution < 1.29 is 19.1 Å². The van der Waals surface area contributed by atoms with Gasteiger partial charge in [-0.1, -0.05) is 29.8 Å². The molecule has 0 unspecified atom stereocenters. The molecule has 1 atom stereocenters. The molecule has 0 bridgehead atoms. The van der Waals surface area contributed by atoms with Gasteiger partial charge in [0.05, 0.1) is 11.6 Å². The second-order valence-corrected chi connectivity index (χ2v) is 5.78. The number of aliphatic hydroxyl groups is 1. The van der Waals surface area contributed by atoms with Crippen LogP contribution in [0.3, 0.4) is 0 Å². The highest BCUT2D eigenvalue weighted by atomic mass is 19.1. The fraction of sp³-hybridized carbons (Fsp3) is 0.158. The predicted molar refractivity (Wildman–Crippen MR) is 88.1 cm³/mol. The third kappa shape index (κ3) is 2.58. The fourth-order valence-electron chi connectivity index (χ4n) is 2.90. The molecule has 1 amide bonds. The zero-order chi connectivity index (χ0) is 17.4. The predicted octanol–water partition coefficient (Wildman–Crippen LogP) is 3.62. The third-order valence-electron chi connectivity index (χ3n) is 4.09. The number of rotatable bonds is 3. The smallest absolute Gasteiger partial charge is 0.294 e. The first kappa shape index (κ1) is 15.9. The zero-order valence-corrected chi connectivity index (χ0v) is 13.3. The van der Waals surface area contributed by atoms with Crippen LogP contribution in [0.25, 0.3) is 0 Å². The number of nitrogens with zero attached hydrogens (tertiary/aromatic N) is 1. The van der Waals surface area contributed by atoms with Gasteiger partial charge in [0.2, 0.25) is 0 Å². The average Bonchev–Trinajstić information content (AvgIpc) is 2.81. The summed E-state index contributed by atoms with van der Waals surface area (Å²) in [5.41, 5.74) is 2.20. The molecule has 1 N–H and O–H groups in total. The van der Waals surface area contributed by atoms with Crippen molar-refractivity contribution in [2.75, 3.05) is 4.90 Å². The molecule has 0 radical (unpaired) electrons. The molecule has 0 saturated heterocycles. The lowest BCUT2D eigenvalue weighted by Crippen LogP contribution is -2.30. The number of Topliss-reactive ketones (excluding diaryl/α,β-unsaturated/α-hetero) is 1. The molecule has 1 heterocycles. The van der Waals surface area contributed by atoms with E-state index in [1.807, 2.05) is 31.2 Å². The first-order valence-electron chi connectivity index (χ1n) is 7.50. The Morgan fingerprint density at radius 3 is 2.21 bits per heavy atom. The van der Waals surface area contributed by atoms with Crippen LogP contribution in [0, 0.1) is 12.7 Å². The van der Waals surface area contributed by atoms with E-state index in [1.165, 1.54) is 36.1 Å². The summed E-state index contributed by atoms with van der Waals surface area (Å²) in [5.74, 6) is -2.04. The molecule has 5 heteroatoms. The highest BCUT2D eigenvalue weighted by molar-refractivity contribution is 6.16. The second kappa shape index (κ2) is 5.92. The SMILES string of the molecule is CC(=O)C1=C(O)C(=O)N(c2ccc(F)cc2)[C@@H]1c1ccc(C)cc1. The van der Waals surface area contributed by atoms with Crippen molar-refractivity contribution in [1.29, 1.82) is 0 Å². The number of hydrogen-bond donors (Lipinski definition) is 1. The van der Waals surface area contributed by atoms with Crippen molar-refractivity contribution in [3.8, 4) is 0 Å². The number of carbonyl (C=O) groups is 2. The van der Waals surface area contributed by atoms with E-state index in [0.29, 0.717) is 11.3 Å². The lowest BCUT2D eigenvalue weighted by atomic mass is 9.96. The maximum absolute atomic E-state index is 13.2. The summed E-state index contributed by atoms with van der Waals surface area (Å²) < 4.78 is 13.2. The van der Waals surface area contributed by atoms with E-state index < -0.39 is 23.5 Å². The number of ketones is 1. The van der Waals surface area contributed by atoms with Gasteiger partial charge in [-0.3, -0.25) is 14.5 Å². The standard InChI is InChI=1S/C19H16FNO3/c1-11-3-5-13(6-4-11)17-16(12(2)22)18(23)19(24)21(17)15-9-7-14(20)8-10-15/h3-10,17,23H,1-2H3/t17-/m1/s1. The Hall–Kier alpha value is -2.95. The lowest BCUT2D eigenvalue weighted by Gasteiger charge is -2.26. The van der Waals surface area contributed by atoms with Gasteiger partial charge in [-0.25, -0.2) is 4.39 Å². The van der Waals surface area contributed by atoms with Crippen LogP contribution in [0.1, 0.15) is 24.1 Å². The van der Waals surface area contributed by atoms with E-state index in [9.17, 15) is 19.1 Å². The number of aliphatic hydroxyl groups excluding tert-OH is 1. The normalized spacial score (nSPS) is 17.5. The average molecular weight is 325 g/mol. The number of amides is 1. The van der Waals surface area contributed by atoms with E-state index in [0.717, 1.165) is 5.56 Å². The summed E-state index contributed by atoms with van der Waals surface area (Å²) in [6.07, 6.45) is 0. The van der Waals surface area contributed by atoms with Gasteiger partial charge in [0.25, 0.3) is 5.91 Å². The van der Waals surface area contributed by atoms with Crippen LogP contribution in [0.15, 0.2) is 59.9 Å². The summed E-state index contributed by atoms with van der Waals surface area (Å²) in [6.45, 7) is 3.24. The van der Waals surface area contributed by atoms with Crippen LogP contribution in [-0.2, 0) is 9.59 Å². The second-order valence-electron chi connectivity index (χ2n) is 5.78. The van der Waals surface area contributed by atoms with Crippen molar-refractivity contribution in [3.63, 3.8) is 0 Å². The summed E-state index contributed by atoms with van der Waals surface area (Å²) in [7, 11) is 0. The number of halogens is 1. The molecule has 0 aliphatic carbocycles. The van der Waals surface area contributed by atoms with Gasteiger partial charge in [0.1, 0.15) is 5.82 Å². The molecule has 24 heavy (non-hydrogen) atoms. The molecule has 0 saturated carbocycles. The highest BCUT2D eigenvalue weighted by Gasteiger charge is 2.43. The van der Waals surface area contributed by atoms with Crippen molar-refractivity contribution in [2.24, 2.45) is 0 Å². The number of hydrogen-bond acceptors (Lipinski definition) is 3. The number of benzene rings is 2. The zero-order valence-electron chi connectivity index (χ0n) is 13.3. The van der Waals surface area contributed by atoms with Gasteiger partial charge in [0, 0.05) is 5.69 Å². The molecule has 0 spiro atoms. The Kier molecular flexibility index (Phi) is 3.93. The molecular weight excluding hydrogens is 309 g/mol. The lowest BCUT2D eigenvalue weighted by molar-refractivity contribution is -0.117. The number of anilines is 1. The molecule has 0 fully saturated rings. The van der Waals surface area contributed by atoms with Gasteiger partial charge >= 0.3 is 0 Å². The van der Waals surface area contributed by atoms with E-state index in [1.54, 1.807) is 0 Å². The van der Waals surface area contributed by atoms with E-state index in [2.05, 4.69) is 0 Å². The maximum atomic E-state index is 13.2. The molecule has 1 aliphatic rings. The van der Waals surface area contributed by atoms with Crippen LogP contribution < -0.4 is 4.90 Å². The quantitative estimate of drug-likeness (QED) is 0.937. The minimum Gasteiger partial charge on any atom is -0.503 e. The molecule has 2 aromatic rings. The topological polar surface area (TPSA) is 57.6 Å². The summed E-state index contributed by atoms with van der Waals surface area (Å²) >= 11 is 0. The third-order valence-corrected chi connectivity index (χ3v) is 4.09. The molecule has 1 aliphatic heterocycles. The molecule has 3 rings (SSSR count). The van der Waals surface area contributed by atoms with Gasteiger partial charge in [-0.05, 0) is 43.7 Å². The molecular formula is C19H16FNO3. The Balaban J connectivity index is 2.16. The van der Waals surface area contributed by atoms with Crippen molar-refractivity contribution in [3.05, 3.63) is 76.8 Å². The number of aryl methyl sites for hydroxylation is 1. The Morgan fingerprint density at radius 2 is 1.67 bits per heavy atom. The Labute approximate surface area is 138 Å². The minimum atomic E-state index is -0.735. The maximum Gasteiger partial charge on any atom is 0.294 e. The van der Waals surface area contributed by atoms with E-state index in [4.69, 9.17) is 0 Å². The minimum absolute atomic E-state index is 0.0492. The van der Waals surface area contributed by atoms with Crippen LogP contribution in [0.2, 0.25) is 0 Å². The highest BCUT2D eigenvalue weighted by Crippen LogP contribution is 2.40. The van der Waals surface area contributed by atoms with E-state index >= 15 is 0 Å². The Morgan fingerprint density at radius 1 is 1.08 bits per heavy atom. The van der Waals surface area contributed by atoms with Crippen molar-refractivity contribution >= 4 is 17.4 Å². The molecule has 122 valence electrons. The van der Waals surface area contributed by atoms with Gasteiger partial charge in [-0.15, -0.1) is 0 Å². The first-order valence-corrected chi connectivity index (χ1v) is 7.50. The Bertz CT molecular complexity index is 838. The largest absolute Gasteiger partial charge is 0.503 e. The van der Waals surface area contributed by atoms with Crippen molar-refractivity contribution in [2.45, 2.75) is 19.9 Å². The first-order chi connectivity index (χ1) is 11.4. The fourth-order valence-corrected chi connectivity index (χ4v) is 2.90. The van der Waals surface area contributed by atoms with Crippen molar-refractivity contribution in [1.82, 2.24) is 0 Å². The van der Waals surface area contributed by atoms with Crippen LogP contribution in [0.4, 0.5) is 10.1 Å². The van der Waals surface area contributed by atoms with Crippen LogP contribution >= 0.6 is 0 Å². The van der Waals surface area contributed by atoms with Gasteiger partial charge in [0.15, 0.2) is 11.5 Å². The molecule has 0 aromatic heterocycles. The van der Waals surface area contributed by atoms with Gasteiger partial charge < -0.3 is 5.11 Å².